The van der Waals surface area contributed by atoms with Crippen LogP contribution in [-0.4, -0.2) is 16.5 Å². The Morgan fingerprint density at radius 1 is 1.35 bits per heavy atom. The van der Waals surface area contributed by atoms with Crippen LogP contribution in [0.4, 0.5) is 10.2 Å². The first-order chi connectivity index (χ1) is 9.70. The summed E-state index contributed by atoms with van der Waals surface area (Å²) >= 11 is 0. The Balaban J connectivity index is 2.22. The van der Waals surface area contributed by atoms with Crippen molar-refractivity contribution in [3.8, 4) is 0 Å². The van der Waals surface area contributed by atoms with Crippen molar-refractivity contribution in [2.24, 2.45) is 0 Å². The van der Waals surface area contributed by atoms with E-state index in [1.807, 2.05) is 12.1 Å². The monoisotopic (exact) mass is 274 g/mol. The molecule has 0 aliphatic carbocycles. The molecule has 106 valence electrons. The maximum absolute atomic E-state index is 13.9. The molecule has 2 aromatic heterocycles. The molecule has 0 aliphatic rings. The Bertz CT molecular complexity index is 559. The molecule has 2 rings (SSSR count). The van der Waals surface area contributed by atoms with Crippen molar-refractivity contribution in [2.45, 2.75) is 25.8 Å². The van der Waals surface area contributed by atoms with Crippen molar-refractivity contribution in [1.82, 2.24) is 15.3 Å². The second-order valence-corrected chi connectivity index (χ2v) is 4.70. The zero-order valence-corrected chi connectivity index (χ0v) is 11.5. The highest BCUT2D eigenvalue weighted by Crippen LogP contribution is 2.21. The van der Waals surface area contributed by atoms with Crippen LogP contribution in [0, 0.1) is 5.82 Å². The lowest BCUT2D eigenvalue weighted by atomic mass is 9.99. The number of hydrogen-bond acceptors (Lipinski definition) is 4. The van der Waals surface area contributed by atoms with Crippen LogP contribution < -0.4 is 11.1 Å². The third-order valence-corrected chi connectivity index (χ3v) is 3.11. The number of aromatic nitrogens is 2. The molecule has 0 spiro atoms. The van der Waals surface area contributed by atoms with Gasteiger partial charge in [0.15, 0.2) is 0 Å². The highest BCUT2D eigenvalue weighted by atomic mass is 19.1. The summed E-state index contributed by atoms with van der Waals surface area (Å²) in [4.78, 5) is 7.77. The molecule has 0 aromatic carbocycles. The molecule has 1 unspecified atom stereocenters. The number of anilines is 1. The minimum absolute atomic E-state index is 0.0975. The van der Waals surface area contributed by atoms with Gasteiger partial charge in [-0.05, 0) is 43.1 Å². The van der Waals surface area contributed by atoms with Gasteiger partial charge in [-0.2, -0.15) is 0 Å². The second-order valence-electron chi connectivity index (χ2n) is 4.70. The summed E-state index contributed by atoms with van der Waals surface area (Å²) in [7, 11) is 0. The average Bonchev–Trinajstić information content (AvgIpc) is 2.44. The first-order valence-corrected chi connectivity index (χ1v) is 6.74. The number of nitrogens with zero attached hydrogens (tertiary/aromatic N) is 2. The van der Waals surface area contributed by atoms with Gasteiger partial charge in [0.25, 0.3) is 0 Å². The lowest BCUT2D eigenvalue weighted by molar-refractivity contribution is 0.495. The van der Waals surface area contributed by atoms with Crippen LogP contribution in [0.25, 0.3) is 0 Å². The van der Waals surface area contributed by atoms with Crippen LogP contribution in [0.1, 0.15) is 30.5 Å². The van der Waals surface area contributed by atoms with Crippen LogP contribution in [-0.2, 0) is 6.42 Å². The number of nitrogens with two attached hydrogens (primary N) is 1. The molecule has 5 heteroatoms. The molecule has 0 amide bonds. The molecule has 0 radical (unpaired) electrons. The van der Waals surface area contributed by atoms with E-state index in [0.717, 1.165) is 18.5 Å². The number of nitrogens with one attached hydrogen (secondary N) is 1. The fourth-order valence-electron chi connectivity index (χ4n) is 2.14. The zero-order valence-electron chi connectivity index (χ0n) is 11.5. The van der Waals surface area contributed by atoms with E-state index < -0.39 is 0 Å². The molecular weight excluding hydrogens is 255 g/mol. The summed E-state index contributed by atoms with van der Waals surface area (Å²) in [6.07, 6.45) is 6.18. The van der Waals surface area contributed by atoms with Crippen molar-refractivity contribution < 1.29 is 4.39 Å². The van der Waals surface area contributed by atoms with Gasteiger partial charge in [0.2, 0.25) is 0 Å². The predicted molar refractivity (Wildman–Crippen MR) is 77.6 cm³/mol. The third-order valence-electron chi connectivity index (χ3n) is 3.11. The maximum atomic E-state index is 13.9. The van der Waals surface area contributed by atoms with Gasteiger partial charge in [0.1, 0.15) is 11.6 Å². The first-order valence-electron chi connectivity index (χ1n) is 6.74. The van der Waals surface area contributed by atoms with Gasteiger partial charge in [-0.3, -0.25) is 4.98 Å². The molecule has 0 aliphatic heterocycles. The Kier molecular flexibility index (Phi) is 5.01. The van der Waals surface area contributed by atoms with Crippen LogP contribution in [0.2, 0.25) is 0 Å². The number of pyridine rings is 2. The fourth-order valence-corrected chi connectivity index (χ4v) is 2.14. The lowest BCUT2D eigenvalue weighted by Crippen LogP contribution is -2.25. The zero-order chi connectivity index (χ0) is 14.4. The summed E-state index contributed by atoms with van der Waals surface area (Å²) in [5.74, 6) is 0.190. The maximum Gasteiger partial charge on any atom is 0.146 e. The molecule has 2 aromatic rings. The van der Waals surface area contributed by atoms with Crippen molar-refractivity contribution in [1.29, 1.82) is 0 Å². The molecule has 0 fully saturated rings. The van der Waals surface area contributed by atoms with Crippen LogP contribution in [0.15, 0.2) is 36.8 Å². The van der Waals surface area contributed by atoms with E-state index in [2.05, 4.69) is 22.2 Å². The van der Waals surface area contributed by atoms with Gasteiger partial charge in [-0.25, -0.2) is 9.37 Å². The van der Waals surface area contributed by atoms with Gasteiger partial charge in [-0.1, -0.05) is 6.92 Å². The highest BCUT2D eigenvalue weighted by Gasteiger charge is 2.15. The van der Waals surface area contributed by atoms with Crippen molar-refractivity contribution in [3.05, 3.63) is 53.7 Å². The van der Waals surface area contributed by atoms with E-state index in [1.165, 1.54) is 6.20 Å². The Labute approximate surface area is 118 Å². The molecule has 2 heterocycles. The second kappa shape index (κ2) is 6.96. The van der Waals surface area contributed by atoms with Gasteiger partial charge in [-0.15, -0.1) is 0 Å². The standard InChI is InChI=1S/C15H19FN4/c1-2-5-19-14(12-4-6-18-10-13(12)16)8-11-3-7-20-15(17)9-11/h3-4,6-7,9-10,14,19H,2,5,8H2,1H3,(H2,17,20). The molecule has 0 saturated carbocycles. The summed E-state index contributed by atoms with van der Waals surface area (Å²) < 4.78 is 13.9. The van der Waals surface area contributed by atoms with Crippen LogP contribution in [0.3, 0.4) is 0 Å². The van der Waals surface area contributed by atoms with Crippen molar-refractivity contribution >= 4 is 5.82 Å². The van der Waals surface area contributed by atoms with Crippen LogP contribution in [0.5, 0.6) is 0 Å². The Morgan fingerprint density at radius 3 is 2.90 bits per heavy atom. The number of hydrogen-bond donors (Lipinski definition) is 2. The fraction of sp³-hybridized carbons (Fsp3) is 0.333. The molecule has 4 nitrogen and oxygen atoms in total. The molecular formula is C15H19FN4. The molecule has 0 bridgehead atoms. The van der Waals surface area contributed by atoms with E-state index >= 15 is 0 Å². The van der Waals surface area contributed by atoms with Crippen LogP contribution >= 0.6 is 0 Å². The summed E-state index contributed by atoms with van der Waals surface area (Å²) in [6.45, 7) is 2.91. The van der Waals surface area contributed by atoms with Gasteiger partial charge in [0, 0.05) is 24.0 Å². The lowest BCUT2D eigenvalue weighted by Gasteiger charge is -2.19. The Hall–Kier alpha value is -2.01. The van der Waals surface area contributed by atoms with E-state index in [0.29, 0.717) is 17.8 Å². The van der Waals surface area contributed by atoms with Gasteiger partial charge >= 0.3 is 0 Å². The van der Waals surface area contributed by atoms with Gasteiger partial charge < -0.3 is 11.1 Å². The van der Waals surface area contributed by atoms with Crippen molar-refractivity contribution in [2.75, 3.05) is 12.3 Å². The summed E-state index contributed by atoms with van der Waals surface area (Å²) in [5, 5.41) is 3.37. The Morgan fingerprint density at radius 2 is 2.20 bits per heavy atom. The first kappa shape index (κ1) is 14.4. The van der Waals surface area contributed by atoms with E-state index in [1.54, 1.807) is 18.5 Å². The van der Waals surface area contributed by atoms with E-state index in [9.17, 15) is 4.39 Å². The minimum Gasteiger partial charge on any atom is -0.384 e. The smallest absolute Gasteiger partial charge is 0.146 e. The minimum atomic E-state index is -0.289. The average molecular weight is 274 g/mol. The third kappa shape index (κ3) is 3.74. The molecule has 1 atom stereocenters. The van der Waals surface area contributed by atoms with E-state index in [4.69, 9.17) is 5.73 Å². The number of nitrogen functional groups attached to an aromatic ring is 1. The number of rotatable bonds is 6. The summed E-state index contributed by atoms with van der Waals surface area (Å²) in [6, 6.07) is 5.34. The largest absolute Gasteiger partial charge is 0.384 e. The quantitative estimate of drug-likeness (QED) is 0.849. The molecule has 0 saturated heterocycles. The number of halogens is 1. The van der Waals surface area contributed by atoms with Crippen molar-refractivity contribution in [3.63, 3.8) is 0 Å². The predicted octanol–water partition coefficient (Wildman–Crippen LogP) is 2.48. The SMILES string of the molecule is CCCNC(Cc1ccnc(N)c1)c1ccncc1F. The molecule has 20 heavy (non-hydrogen) atoms. The summed E-state index contributed by atoms with van der Waals surface area (Å²) in [5.41, 5.74) is 7.35. The molecule has 3 N–H and O–H groups in total. The topological polar surface area (TPSA) is 63.8 Å². The van der Waals surface area contributed by atoms with E-state index in [-0.39, 0.29) is 11.9 Å². The van der Waals surface area contributed by atoms with Gasteiger partial charge in [0.05, 0.1) is 6.20 Å². The highest BCUT2D eigenvalue weighted by molar-refractivity contribution is 5.33. The normalized spacial score (nSPS) is 12.3.